The van der Waals surface area contributed by atoms with Crippen LogP contribution in [0.3, 0.4) is 0 Å². The molecule has 3 nitrogen and oxygen atoms in total. The van der Waals surface area contributed by atoms with Gasteiger partial charge < -0.3 is 4.74 Å². The molecule has 0 saturated carbocycles. The maximum absolute atomic E-state index is 11.5. The highest BCUT2D eigenvalue weighted by Crippen LogP contribution is 2.28. The summed E-state index contributed by atoms with van der Waals surface area (Å²) in [7, 11) is 0. The lowest BCUT2D eigenvalue weighted by atomic mass is 10.2. The summed E-state index contributed by atoms with van der Waals surface area (Å²) in [6.45, 7) is 3.65. The van der Waals surface area contributed by atoms with E-state index in [0.717, 1.165) is 15.8 Å². The third-order valence-corrected chi connectivity index (χ3v) is 3.02. The molecule has 0 radical (unpaired) electrons. The number of ether oxygens (including phenoxy) is 1. The Morgan fingerprint density at radius 1 is 1.38 bits per heavy atom. The van der Waals surface area contributed by atoms with Crippen LogP contribution in [0.4, 0.5) is 10.5 Å². The van der Waals surface area contributed by atoms with E-state index in [0.29, 0.717) is 0 Å². The van der Waals surface area contributed by atoms with Crippen molar-refractivity contribution in [3.05, 3.63) is 29.6 Å². The van der Waals surface area contributed by atoms with E-state index in [-0.39, 0.29) is 6.10 Å². The second-order valence-corrected chi connectivity index (χ2v) is 4.64. The highest BCUT2D eigenvalue weighted by atomic mass is 32.1. The first-order chi connectivity index (χ1) is 7.66. The molecule has 4 heteroatoms. The van der Waals surface area contributed by atoms with E-state index in [9.17, 15) is 4.79 Å². The minimum atomic E-state index is -0.407. The number of carbonyl (C=O) groups excluding carboxylic acids is 1. The van der Waals surface area contributed by atoms with E-state index in [1.54, 1.807) is 11.3 Å². The van der Waals surface area contributed by atoms with Gasteiger partial charge in [-0.15, -0.1) is 11.3 Å². The molecule has 1 aromatic carbocycles. The molecule has 0 aliphatic rings. The zero-order valence-corrected chi connectivity index (χ0v) is 10.0. The number of fused-ring (bicyclic) bond motifs is 1. The van der Waals surface area contributed by atoms with Gasteiger partial charge in [0.1, 0.15) is 0 Å². The number of rotatable bonds is 2. The molecule has 0 bridgehead atoms. The van der Waals surface area contributed by atoms with Gasteiger partial charge in [0.15, 0.2) is 0 Å². The topological polar surface area (TPSA) is 38.3 Å². The molecule has 2 aromatic rings. The summed E-state index contributed by atoms with van der Waals surface area (Å²) in [5.41, 5.74) is 0.804. The largest absolute Gasteiger partial charge is 0.447 e. The molecule has 1 N–H and O–H groups in total. The molecule has 1 amide bonds. The molecule has 84 valence electrons. The normalized spacial score (nSPS) is 10.7. The van der Waals surface area contributed by atoms with Crippen molar-refractivity contribution in [2.75, 3.05) is 5.32 Å². The van der Waals surface area contributed by atoms with Crippen LogP contribution in [-0.2, 0) is 4.74 Å². The molecule has 0 atom stereocenters. The van der Waals surface area contributed by atoms with Gasteiger partial charge in [0.25, 0.3) is 0 Å². The van der Waals surface area contributed by atoms with Crippen LogP contribution < -0.4 is 5.32 Å². The van der Waals surface area contributed by atoms with E-state index in [1.165, 1.54) is 0 Å². The molecule has 0 aliphatic carbocycles. The third kappa shape index (κ3) is 2.33. The first-order valence-corrected chi connectivity index (χ1v) is 5.98. The first kappa shape index (κ1) is 11.0. The summed E-state index contributed by atoms with van der Waals surface area (Å²) in [5.74, 6) is 0. The highest BCUT2D eigenvalue weighted by molar-refractivity contribution is 7.17. The summed E-state index contributed by atoms with van der Waals surface area (Å²) < 4.78 is 6.11. The molecule has 0 unspecified atom stereocenters. The summed E-state index contributed by atoms with van der Waals surface area (Å²) in [6.07, 6.45) is -0.515. The minimum Gasteiger partial charge on any atom is -0.447 e. The van der Waals surface area contributed by atoms with Crippen LogP contribution in [-0.4, -0.2) is 12.2 Å². The molecule has 0 fully saturated rings. The Morgan fingerprint density at radius 3 is 2.94 bits per heavy atom. The summed E-state index contributed by atoms with van der Waals surface area (Å²) in [6, 6.07) is 7.84. The van der Waals surface area contributed by atoms with Crippen LogP contribution in [0.15, 0.2) is 29.6 Å². The van der Waals surface area contributed by atoms with Crippen LogP contribution in [0.5, 0.6) is 0 Å². The monoisotopic (exact) mass is 235 g/mol. The summed E-state index contributed by atoms with van der Waals surface area (Å²) in [5, 5.41) is 5.89. The fourth-order valence-electron chi connectivity index (χ4n) is 1.44. The van der Waals surface area contributed by atoms with E-state index in [4.69, 9.17) is 4.74 Å². The predicted octanol–water partition coefficient (Wildman–Crippen LogP) is 3.86. The zero-order valence-electron chi connectivity index (χ0n) is 9.19. The Kier molecular flexibility index (Phi) is 3.10. The SMILES string of the molecule is CC(C)OC(=O)Nc1cccc2ccsc12. The van der Waals surface area contributed by atoms with E-state index in [2.05, 4.69) is 5.32 Å². The number of benzene rings is 1. The molecular weight excluding hydrogens is 222 g/mol. The number of anilines is 1. The van der Waals surface area contributed by atoms with Crippen LogP contribution >= 0.6 is 11.3 Å². The molecule has 0 aliphatic heterocycles. The molecule has 16 heavy (non-hydrogen) atoms. The standard InChI is InChI=1S/C12H13NO2S/c1-8(2)15-12(14)13-10-5-3-4-9-6-7-16-11(9)10/h3-8H,1-2H3,(H,13,14). The smallest absolute Gasteiger partial charge is 0.411 e. The van der Waals surface area contributed by atoms with E-state index < -0.39 is 6.09 Å². The number of nitrogens with one attached hydrogen (secondary N) is 1. The molecular formula is C12H13NO2S. The second-order valence-electron chi connectivity index (χ2n) is 3.72. The quantitative estimate of drug-likeness (QED) is 0.858. The van der Waals surface area contributed by atoms with Crippen molar-refractivity contribution in [3.63, 3.8) is 0 Å². The molecule has 0 saturated heterocycles. The number of amides is 1. The van der Waals surface area contributed by atoms with Gasteiger partial charge >= 0.3 is 6.09 Å². The average molecular weight is 235 g/mol. The van der Waals surface area contributed by atoms with Gasteiger partial charge in [-0.05, 0) is 36.7 Å². The van der Waals surface area contributed by atoms with Gasteiger partial charge in [0.05, 0.1) is 16.5 Å². The van der Waals surface area contributed by atoms with E-state index >= 15 is 0 Å². The number of thiophene rings is 1. The average Bonchev–Trinajstić information content (AvgIpc) is 2.65. The van der Waals surface area contributed by atoms with Crippen LogP contribution in [0.25, 0.3) is 10.1 Å². The van der Waals surface area contributed by atoms with Gasteiger partial charge in [-0.3, -0.25) is 5.32 Å². The lowest BCUT2D eigenvalue weighted by Gasteiger charge is -2.09. The Labute approximate surface area is 98.0 Å². The molecule has 2 rings (SSSR count). The van der Waals surface area contributed by atoms with Gasteiger partial charge in [-0.25, -0.2) is 4.79 Å². The van der Waals surface area contributed by atoms with E-state index in [1.807, 2.05) is 43.5 Å². The Hall–Kier alpha value is -1.55. The Balaban J connectivity index is 2.20. The first-order valence-electron chi connectivity index (χ1n) is 5.10. The maximum atomic E-state index is 11.5. The lowest BCUT2D eigenvalue weighted by molar-refractivity contribution is 0.130. The Bertz CT molecular complexity index is 504. The Morgan fingerprint density at radius 2 is 2.19 bits per heavy atom. The second kappa shape index (κ2) is 4.53. The van der Waals surface area contributed by atoms with Crippen molar-refractivity contribution in [2.45, 2.75) is 20.0 Å². The van der Waals surface area contributed by atoms with Crippen LogP contribution in [0, 0.1) is 0 Å². The van der Waals surface area contributed by atoms with Gasteiger partial charge in [-0.2, -0.15) is 0 Å². The number of hydrogen-bond donors (Lipinski definition) is 1. The van der Waals surface area contributed by atoms with Crippen molar-refractivity contribution < 1.29 is 9.53 Å². The summed E-state index contributed by atoms with van der Waals surface area (Å²) >= 11 is 1.60. The van der Waals surface area contributed by atoms with Crippen molar-refractivity contribution in [1.29, 1.82) is 0 Å². The van der Waals surface area contributed by atoms with Gasteiger partial charge in [0.2, 0.25) is 0 Å². The van der Waals surface area contributed by atoms with Gasteiger partial charge in [0, 0.05) is 0 Å². The molecule has 1 heterocycles. The highest BCUT2D eigenvalue weighted by Gasteiger charge is 2.08. The lowest BCUT2D eigenvalue weighted by Crippen LogP contribution is -2.17. The fraction of sp³-hybridized carbons (Fsp3) is 0.250. The molecule has 1 aromatic heterocycles. The number of carbonyl (C=O) groups is 1. The van der Waals surface area contributed by atoms with Crippen LogP contribution in [0.2, 0.25) is 0 Å². The fourth-order valence-corrected chi connectivity index (χ4v) is 2.31. The van der Waals surface area contributed by atoms with Crippen molar-refractivity contribution >= 4 is 33.2 Å². The zero-order chi connectivity index (χ0) is 11.5. The van der Waals surface area contributed by atoms with Gasteiger partial charge in [-0.1, -0.05) is 12.1 Å². The summed E-state index contributed by atoms with van der Waals surface area (Å²) in [4.78, 5) is 11.5. The van der Waals surface area contributed by atoms with Crippen molar-refractivity contribution in [1.82, 2.24) is 0 Å². The van der Waals surface area contributed by atoms with Crippen LogP contribution in [0.1, 0.15) is 13.8 Å². The van der Waals surface area contributed by atoms with Crippen molar-refractivity contribution in [2.24, 2.45) is 0 Å². The maximum Gasteiger partial charge on any atom is 0.411 e. The van der Waals surface area contributed by atoms with Crippen molar-refractivity contribution in [3.8, 4) is 0 Å². The third-order valence-electron chi connectivity index (χ3n) is 2.06. The minimum absolute atomic E-state index is 0.109. The number of hydrogen-bond acceptors (Lipinski definition) is 3. The molecule has 0 spiro atoms. The predicted molar refractivity (Wildman–Crippen MR) is 67.1 cm³/mol.